The van der Waals surface area contributed by atoms with Crippen LogP contribution < -0.4 is 33.2 Å². The van der Waals surface area contributed by atoms with E-state index in [4.69, 9.17) is 22.3 Å². The molecule has 0 fully saturated rings. The summed E-state index contributed by atoms with van der Waals surface area (Å²) in [6.45, 7) is 1.29. The second kappa shape index (κ2) is 12.6. The molecule has 0 saturated carbocycles. The predicted octanol–water partition coefficient (Wildman–Crippen LogP) is -4.06. The highest BCUT2D eigenvalue weighted by atomic mass is 32.1. The molecule has 0 bridgehead atoms. The SMILES string of the molecule is CC(NC(=O)C(CS)NC(=O)C(N)CC(N)=O)C(=O)NC(CCC(N)=O)C(=O)O. The Kier molecular flexibility index (Phi) is 11.3. The monoisotopic (exact) mass is 434 g/mol. The van der Waals surface area contributed by atoms with Gasteiger partial charge in [-0.2, -0.15) is 12.6 Å². The molecule has 0 aliphatic carbocycles. The summed E-state index contributed by atoms with van der Waals surface area (Å²) in [4.78, 5) is 69.0. The number of nitrogens with two attached hydrogens (primary N) is 3. The number of rotatable bonds is 13. The zero-order valence-corrected chi connectivity index (χ0v) is 16.6. The second-order valence-electron chi connectivity index (χ2n) is 6.16. The quantitative estimate of drug-likeness (QED) is 0.132. The van der Waals surface area contributed by atoms with Crippen LogP contribution in [-0.2, 0) is 28.8 Å². The summed E-state index contributed by atoms with van der Waals surface area (Å²) in [6.07, 6.45) is -0.894. The summed E-state index contributed by atoms with van der Waals surface area (Å²) in [7, 11) is 0. The average molecular weight is 434 g/mol. The van der Waals surface area contributed by atoms with Gasteiger partial charge in [0.05, 0.1) is 12.5 Å². The zero-order valence-electron chi connectivity index (χ0n) is 15.7. The third kappa shape index (κ3) is 10.3. The van der Waals surface area contributed by atoms with Crippen molar-refractivity contribution in [3.63, 3.8) is 0 Å². The molecule has 0 aliphatic rings. The second-order valence-corrected chi connectivity index (χ2v) is 6.52. The van der Waals surface area contributed by atoms with Crippen LogP contribution in [0.25, 0.3) is 0 Å². The van der Waals surface area contributed by atoms with Crippen LogP contribution in [0.1, 0.15) is 26.2 Å². The van der Waals surface area contributed by atoms with Gasteiger partial charge in [-0.25, -0.2) is 4.79 Å². The molecule has 5 amide bonds. The van der Waals surface area contributed by atoms with Crippen LogP contribution in [0.15, 0.2) is 0 Å². The molecule has 4 atom stereocenters. The number of hydrogen-bond acceptors (Lipinski definition) is 8. The molecule has 10 N–H and O–H groups in total. The molecule has 0 aromatic heterocycles. The molecular weight excluding hydrogens is 408 g/mol. The lowest BCUT2D eigenvalue weighted by atomic mass is 10.1. The minimum absolute atomic E-state index is 0.147. The number of nitrogens with one attached hydrogen (secondary N) is 3. The molecule has 0 aromatic carbocycles. The van der Waals surface area contributed by atoms with Gasteiger partial charge in [0.15, 0.2) is 0 Å². The van der Waals surface area contributed by atoms with Crippen LogP contribution >= 0.6 is 12.6 Å². The maximum Gasteiger partial charge on any atom is 0.326 e. The smallest absolute Gasteiger partial charge is 0.326 e. The number of carbonyl (C=O) groups excluding carboxylic acids is 5. The van der Waals surface area contributed by atoms with Gasteiger partial charge in [-0.1, -0.05) is 0 Å². The summed E-state index contributed by atoms with van der Waals surface area (Å²) in [5, 5.41) is 15.8. The Morgan fingerprint density at radius 2 is 1.45 bits per heavy atom. The van der Waals surface area contributed by atoms with E-state index in [2.05, 4.69) is 28.6 Å². The molecule has 164 valence electrons. The highest BCUT2D eigenvalue weighted by Crippen LogP contribution is 1.99. The van der Waals surface area contributed by atoms with E-state index in [1.807, 2.05) is 0 Å². The van der Waals surface area contributed by atoms with Gasteiger partial charge in [-0.05, 0) is 13.3 Å². The van der Waals surface area contributed by atoms with E-state index < -0.39 is 66.1 Å². The van der Waals surface area contributed by atoms with Crippen molar-refractivity contribution in [1.29, 1.82) is 0 Å². The van der Waals surface area contributed by atoms with Gasteiger partial charge >= 0.3 is 5.97 Å². The first-order valence-electron chi connectivity index (χ1n) is 8.46. The van der Waals surface area contributed by atoms with Crippen molar-refractivity contribution in [3.8, 4) is 0 Å². The lowest BCUT2D eigenvalue weighted by Gasteiger charge is -2.22. The Balaban J connectivity index is 4.82. The lowest BCUT2D eigenvalue weighted by molar-refractivity contribution is -0.142. The van der Waals surface area contributed by atoms with Crippen molar-refractivity contribution in [2.75, 3.05) is 5.75 Å². The van der Waals surface area contributed by atoms with E-state index in [-0.39, 0.29) is 18.6 Å². The molecule has 13 nitrogen and oxygen atoms in total. The first-order chi connectivity index (χ1) is 13.4. The fourth-order valence-electron chi connectivity index (χ4n) is 2.00. The summed E-state index contributed by atoms with van der Waals surface area (Å²) in [6, 6.07) is -4.98. The van der Waals surface area contributed by atoms with Crippen molar-refractivity contribution in [2.45, 2.75) is 50.4 Å². The molecule has 4 unspecified atom stereocenters. The first-order valence-corrected chi connectivity index (χ1v) is 9.09. The number of carboxylic acids is 1. The topological polar surface area (TPSA) is 237 Å². The fourth-order valence-corrected chi connectivity index (χ4v) is 2.26. The number of primary amides is 2. The summed E-state index contributed by atoms with van der Waals surface area (Å²) in [5.74, 6) is -5.47. The number of amides is 5. The largest absolute Gasteiger partial charge is 0.480 e. The number of thiol groups is 1. The number of carboxylic acid groups (broad SMARTS) is 1. The number of carbonyl (C=O) groups is 6. The highest BCUT2D eigenvalue weighted by Gasteiger charge is 2.28. The van der Waals surface area contributed by atoms with Gasteiger partial charge < -0.3 is 38.3 Å². The van der Waals surface area contributed by atoms with E-state index >= 15 is 0 Å². The lowest BCUT2D eigenvalue weighted by Crippen LogP contribution is -2.57. The Hall–Kier alpha value is -2.87. The van der Waals surface area contributed by atoms with Crippen molar-refractivity contribution in [2.24, 2.45) is 17.2 Å². The van der Waals surface area contributed by atoms with Crippen LogP contribution in [0.4, 0.5) is 0 Å². The van der Waals surface area contributed by atoms with Crippen LogP contribution in [0.5, 0.6) is 0 Å². The Morgan fingerprint density at radius 3 is 1.90 bits per heavy atom. The molecule has 0 aromatic rings. The Bertz CT molecular complexity index is 659. The Labute approximate surface area is 171 Å². The van der Waals surface area contributed by atoms with E-state index in [0.29, 0.717) is 0 Å². The number of aliphatic carboxylic acids is 1. The highest BCUT2D eigenvalue weighted by molar-refractivity contribution is 7.80. The normalized spacial score (nSPS) is 14.6. The minimum atomic E-state index is -1.37. The summed E-state index contributed by atoms with van der Waals surface area (Å²) < 4.78 is 0. The van der Waals surface area contributed by atoms with Gasteiger partial charge in [-0.3, -0.25) is 24.0 Å². The van der Waals surface area contributed by atoms with Crippen LogP contribution in [0.3, 0.4) is 0 Å². The van der Waals surface area contributed by atoms with Gasteiger partial charge in [0.25, 0.3) is 0 Å². The standard InChI is InChI=1S/C15H26N6O7S/c1-6(12(24)20-8(15(27)28)2-3-10(17)22)19-14(26)9(5-29)21-13(25)7(16)4-11(18)23/h6-9,29H,2-5,16H2,1H3,(H2,17,22)(H2,18,23)(H,19,26)(H,20,24)(H,21,25)(H,27,28). The van der Waals surface area contributed by atoms with Crippen molar-refractivity contribution in [3.05, 3.63) is 0 Å². The maximum absolute atomic E-state index is 12.2. The van der Waals surface area contributed by atoms with Crippen LogP contribution in [-0.4, -0.2) is 70.5 Å². The van der Waals surface area contributed by atoms with Crippen molar-refractivity contribution in [1.82, 2.24) is 16.0 Å². The molecule has 0 heterocycles. The number of hydrogen-bond donors (Lipinski definition) is 8. The van der Waals surface area contributed by atoms with E-state index in [1.165, 1.54) is 6.92 Å². The molecule has 0 rings (SSSR count). The third-order valence-electron chi connectivity index (χ3n) is 3.62. The molecule has 14 heteroatoms. The van der Waals surface area contributed by atoms with E-state index in [0.717, 1.165) is 0 Å². The molecule has 0 saturated heterocycles. The van der Waals surface area contributed by atoms with E-state index in [9.17, 15) is 28.8 Å². The van der Waals surface area contributed by atoms with Gasteiger partial charge in [0.1, 0.15) is 18.1 Å². The Morgan fingerprint density at radius 1 is 0.897 bits per heavy atom. The van der Waals surface area contributed by atoms with Crippen LogP contribution in [0.2, 0.25) is 0 Å². The minimum Gasteiger partial charge on any atom is -0.480 e. The van der Waals surface area contributed by atoms with Crippen molar-refractivity contribution < 1.29 is 33.9 Å². The average Bonchev–Trinajstić information content (AvgIpc) is 2.61. The van der Waals surface area contributed by atoms with Crippen molar-refractivity contribution >= 4 is 48.1 Å². The third-order valence-corrected chi connectivity index (χ3v) is 3.98. The molecular formula is C15H26N6O7S. The molecule has 0 spiro atoms. The zero-order chi connectivity index (χ0) is 22.7. The van der Waals surface area contributed by atoms with Gasteiger partial charge in [0, 0.05) is 12.2 Å². The van der Waals surface area contributed by atoms with Crippen LogP contribution in [0, 0.1) is 0 Å². The molecule has 0 radical (unpaired) electrons. The molecule has 29 heavy (non-hydrogen) atoms. The maximum atomic E-state index is 12.2. The van der Waals surface area contributed by atoms with E-state index in [1.54, 1.807) is 0 Å². The summed E-state index contributed by atoms with van der Waals surface area (Å²) in [5.41, 5.74) is 15.4. The first kappa shape index (κ1) is 26.1. The fraction of sp³-hybridized carbons (Fsp3) is 0.600. The summed E-state index contributed by atoms with van der Waals surface area (Å²) >= 11 is 3.94. The molecule has 0 aliphatic heterocycles. The van der Waals surface area contributed by atoms with Gasteiger partial charge in [0.2, 0.25) is 29.5 Å². The van der Waals surface area contributed by atoms with Gasteiger partial charge in [-0.15, -0.1) is 0 Å². The predicted molar refractivity (Wildman–Crippen MR) is 103 cm³/mol.